The normalized spacial score (nSPS) is 15.8. The van der Waals surface area contributed by atoms with Crippen molar-refractivity contribution < 1.29 is 14.3 Å². The van der Waals surface area contributed by atoms with Crippen LogP contribution in [0.4, 0.5) is 5.69 Å². The van der Waals surface area contributed by atoms with Crippen LogP contribution in [0.3, 0.4) is 0 Å². The van der Waals surface area contributed by atoms with Crippen LogP contribution in [0.2, 0.25) is 0 Å². The first-order valence-corrected chi connectivity index (χ1v) is 8.36. The number of nitrogens with one attached hydrogen (secondary N) is 2. The fourth-order valence-electron chi connectivity index (χ4n) is 2.40. The van der Waals surface area contributed by atoms with E-state index in [2.05, 4.69) is 15.5 Å². The summed E-state index contributed by atoms with van der Waals surface area (Å²) in [4.78, 5) is 27.0. The monoisotopic (exact) mass is 333 g/mol. The highest BCUT2D eigenvalue weighted by atomic mass is 16.5. The number of benzene rings is 1. The van der Waals surface area contributed by atoms with E-state index in [0.29, 0.717) is 12.2 Å². The van der Waals surface area contributed by atoms with E-state index < -0.39 is 5.41 Å². The van der Waals surface area contributed by atoms with Crippen LogP contribution in [0, 0.1) is 12.3 Å². The van der Waals surface area contributed by atoms with Gasteiger partial charge in [0.2, 0.25) is 11.8 Å². The zero-order chi connectivity index (χ0) is 17.6. The summed E-state index contributed by atoms with van der Waals surface area (Å²) in [6, 6.07) is 7.51. The first-order valence-electron chi connectivity index (χ1n) is 8.36. The first-order chi connectivity index (χ1) is 11.4. The van der Waals surface area contributed by atoms with Gasteiger partial charge in [0.25, 0.3) is 0 Å². The van der Waals surface area contributed by atoms with Crippen molar-refractivity contribution in [3.63, 3.8) is 0 Å². The second-order valence-corrected chi connectivity index (χ2v) is 6.66. The van der Waals surface area contributed by atoms with E-state index in [9.17, 15) is 9.59 Å². The Hall–Kier alpha value is -1.92. The minimum absolute atomic E-state index is 0.264. The fourth-order valence-corrected chi connectivity index (χ4v) is 2.40. The molecule has 0 aliphatic carbocycles. The van der Waals surface area contributed by atoms with Crippen LogP contribution < -0.4 is 10.6 Å². The maximum atomic E-state index is 12.4. The van der Waals surface area contributed by atoms with Crippen molar-refractivity contribution >= 4 is 17.5 Å². The third kappa shape index (κ3) is 5.04. The molecule has 0 aromatic heterocycles. The second kappa shape index (κ2) is 8.26. The molecule has 1 fully saturated rings. The summed E-state index contributed by atoms with van der Waals surface area (Å²) < 4.78 is 5.29. The van der Waals surface area contributed by atoms with Crippen molar-refractivity contribution in [2.45, 2.75) is 20.8 Å². The molecule has 0 radical (unpaired) electrons. The highest BCUT2D eigenvalue weighted by molar-refractivity contribution is 6.09. The molecule has 0 unspecified atom stereocenters. The Bertz CT molecular complexity index is 563. The summed E-state index contributed by atoms with van der Waals surface area (Å²) in [5.41, 5.74) is 0.684. The Morgan fingerprint density at radius 3 is 2.38 bits per heavy atom. The number of amides is 2. The lowest BCUT2D eigenvalue weighted by Crippen LogP contribution is -2.48. The predicted octanol–water partition coefficient (Wildman–Crippen LogP) is 1.41. The Morgan fingerprint density at radius 1 is 1.12 bits per heavy atom. The summed E-state index contributed by atoms with van der Waals surface area (Å²) in [6.07, 6.45) is 0. The largest absolute Gasteiger partial charge is 0.379 e. The number of rotatable bonds is 6. The maximum absolute atomic E-state index is 12.4. The molecule has 1 saturated heterocycles. The summed E-state index contributed by atoms with van der Waals surface area (Å²) in [7, 11) is 0. The first kappa shape index (κ1) is 18.4. The average molecular weight is 333 g/mol. The van der Waals surface area contributed by atoms with Gasteiger partial charge in [0.1, 0.15) is 5.41 Å². The van der Waals surface area contributed by atoms with Gasteiger partial charge in [-0.3, -0.25) is 14.5 Å². The lowest BCUT2D eigenvalue weighted by molar-refractivity contribution is -0.138. The van der Waals surface area contributed by atoms with E-state index in [-0.39, 0.29) is 11.8 Å². The van der Waals surface area contributed by atoms with Crippen molar-refractivity contribution in [3.8, 4) is 0 Å². The third-order valence-electron chi connectivity index (χ3n) is 4.26. The number of morpholine rings is 1. The van der Waals surface area contributed by atoms with E-state index in [4.69, 9.17) is 4.74 Å². The molecule has 1 aromatic rings. The molecule has 1 aliphatic rings. The van der Waals surface area contributed by atoms with Gasteiger partial charge in [-0.25, -0.2) is 0 Å². The number of ether oxygens (including phenoxy) is 1. The molecule has 132 valence electrons. The second-order valence-electron chi connectivity index (χ2n) is 6.66. The zero-order valence-corrected chi connectivity index (χ0v) is 14.7. The highest BCUT2D eigenvalue weighted by Gasteiger charge is 2.35. The Labute approximate surface area is 143 Å². The number of carbonyl (C=O) groups is 2. The third-order valence-corrected chi connectivity index (χ3v) is 4.26. The number of nitrogens with zero attached hydrogens (tertiary/aromatic N) is 1. The van der Waals surface area contributed by atoms with Crippen LogP contribution in [0.5, 0.6) is 0 Å². The molecule has 1 aromatic carbocycles. The number of hydrogen-bond acceptors (Lipinski definition) is 4. The maximum Gasteiger partial charge on any atom is 0.239 e. The minimum atomic E-state index is -1.13. The molecule has 1 aliphatic heterocycles. The number of hydrogen-bond donors (Lipinski definition) is 2. The summed E-state index contributed by atoms with van der Waals surface area (Å²) in [5.74, 6) is -0.574. The number of anilines is 1. The van der Waals surface area contributed by atoms with Crippen molar-refractivity contribution in [1.29, 1.82) is 0 Å². The zero-order valence-electron chi connectivity index (χ0n) is 14.7. The number of carbonyl (C=O) groups excluding carboxylic acids is 2. The van der Waals surface area contributed by atoms with Crippen LogP contribution in [0.25, 0.3) is 0 Å². The average Bonchev–Trinajstić information content (AvgIpc) is 2.57. The van der Waals surface area contributed by atoms with E-state index in [0.717, 1.165) is 38.4 Å². The molecule has 2 N–H and O–H groups in total. The van der Waals surface area contributed by atoms with Gasteiger partial charge in [-0.2, -0.15) is 0 Å². The smallest absolute Gasteiger partial charge is 0.239 e. The Balaban J connectivity index is 1.81. The van der Waals surface area contributed by atoms with Crippen LogP contribution in [-0.2, 0) is 14.3 Å². The van der Waals surface area contributed by atoms with E-state index in [1.165, 1.54) is 0 Å². The van der Waals surface area contributed by atoms with Gasteiger partial charge in [0.05, 0.1) is 13.2 Å². The SMILES string of the molecule is Cc1ccc(NC(=O)C(C)(C)C(=O)NCCN2CCOCC2)cc1. The molecule has 24 heavy (non-hydrogen) atoms. The Kier molecular flexibility index (Phi) is 6.34. The Morgan fingerprint density at radius 2 is 1.75 bits per heavy atom. The van der Waals surface area contributed by atoms with E-state index in [1.54, 1.807) is 13.8 Å². The summed E-state index contributed by atoms with van der Waals surface area (Å²) in [5, 5.41) is 5.67. The minimum Gasteiger partial charge on any atom is -0.379 e. The highest BCUT2D eigenvalue weighted by Crippen LogP contribution is 2.19. The van der Waals surface area contributed by atoms with Gasteiger partial charge in [-0.1, -0.05) is 17.7 Å². The van der Waals surface area contributed by atoms with Crippen LogP contribution in [0.1, 0.15) is 19.4 Å². The lowest BCUT2D eigenvalue weighted by Gasteiger charge is -2.27. The fraction of sp³-hybridized carbons (Fsp3) is 0.556. The van der Waals surface area contributed by atoms with Crippen LogP contribution in [-0.4, -0.2) is 56.1 Å². The molecule has 2 rings (SSSR count). The number of aryl methyl sites for hydroxylation is 1. The summed E-state index contributed by atoms with van der Waals surface area (Å²) in [6.45, 7) is 9.79. The van der Waals surface area contributed by atoms with Crippen molar-refractivity contribution in [2.75, 3.05) is 44.7 Å². The van der Waals surface area contributed by atoms with E-state index >= 15 is 0 Å². The van der Waals surface area contributed by atoms with Gasteiger partial charge in [-0.15, -0.1) is 0 Å². The van der Waals surface area contributed by atoms with Crippen molar-refractivity contribution in [3.05, 3.63) is 29.8 Å². The topological polar surface area (TPSA) is 70.7 Å². The van der Waals surface area contributed by atoms with Gasteiger partial charge >= 0.3 is 0 Å². The van der Waals surface area contributed by atoms with E-state index in [1.807, 2.05) is 31.2 Å². The molecule has 0 bridgehead atoms. The van der Waals surface area contributed by atoms with Gasteiger partial charge < -0.3 is 15.4 Å². The van der Waals surface area contributed by atoms with Gasteiger partial charge in [0, 0.05) is 31.9 Å². The van der Waals surface area contributed by atoms with Crippen molar-refractivity contribution in [2.24, 2.45) is 5.41 Å². The molecule has 2 amide bonds. The molecule has 1 heterocycles. The standard InChI is InChI=1S/C18H27N3O3/c1-14-4-6-15(7-5-14)20-17(23)18(2,3)16(22)19-8-9-21-10-12-24-13-11-21/h4-7H,8-13H2,1-3H3,(H,19,22)(H,20,23). The van der Waals surface area contributed by atoms with Crippen molar-refractivity contribution in [1.82, 2.24) is 10.2 Å². The molecular formula is C18H27N3O3. The van der Waals surface area contributed by atoms with Crippen LogP contribution in [0.15, 0.2) is 24.3 Å². The molecule has 6 nitrogen and oxygen atoms in total. The lowest BCUT2D eigenvalue weighted by atomic mass is 9.91. The molecule has 0 spiro atoms. The molecule has 6 heteroatoms. The van der Waals surface area contributed by atoms with Gasteiger partial charge in [-0.05, 0) is 32.9 Å². The van der Waals surface area contributed by atoms with Crippen LogP contribution >= 0.6 is 0 Å². The summed E-state index contributed by atoms with van der Waals surface area (Å²) >= 11 is 0. The molecule has 0 atom stereocenters. The molecule has 0 saturated carbocycles. The molecular weight excluding hydrogens is 306 g/mol. The predicted molar refractivity (Wildman–Crippen MR) is 93.9 cm³/mol. The van der Waals surface area contributed by atoms with Gasteiger partial charge in [0.15, 0.2) is 0 Å². The quantitative estimate of drug-likeness (QED) is 0.772.